The number of aryl methyl sites for hydroxylation is 1. The number of nitrogens with zero attached hydrogens (tertiary/aromatic N) is 2. The Labute approximate surface area is 111 Å². The van der Waals surface area contributed by atoms with Gasteiger partial charge in [-0.1, -0.05) is 6.92 Å². The van der Waals surface area contributed by atoms with Crippen molar-refractivity contribution in [3.8, 4) is 0 Å². The molecule has 0 spiro atoms. The number of carbonyl (C=O) groups excluding carboxylic acids is 1. The van der Waals surface area contributed by atoms with E-state index in [1.807, 2.05) is 27.7 Å². The second kappa shape index (κ2) is 4.87. The fraction of sp³-hybridized carbons (Fsp3) is 0.462. The predicted octanol–water partition coefficient (Wildman–Crippen LogP) is 2.87. The molecule has 0 unspecified atom stereocenters. The van der Waals surface area contributed by atoms with Gasteiger partial charge in [0.2, 0.25) is 0 Å². The van der Waals surface area contributed by atoms with Crippen molar-refractivity contribution >= 4 is 22.8 Å². The van der Waals surface area contributed by atoms with Crippen molar-refractivity contribution < 1.29 is 9.53 Å². The quantitative estimate of drug-likeness (QED) is 0.872. The third kappa shape index (κ3) is 3.01. The van der Waals surface area contributed by atoms with Crippen molar-refractivity contribution in [3.05, 3.63) is 18.0 Å². The average molecular weight is 262 g/mol. The van der Waals surface area contributed by atoms with Crippen LogP contribution in [0.3, 0.4) is 0 Å². The maximum Gasteiger partial charge on any atom is 0.412 e. The monoisotopic (exact) mass is 262 g/mol. The summed E-state index contributed by atoms with van der Waals surface area (Å²) in [6, 6.07) is 0. The number of nitrogens with one attached hydrogen (secondary N) is 2. The number of hydrogen-bond acceptors (Lipinski definition) is 4. The number of rotatable bonds is 2. The standard InChI is InChI=1S/C13H18N4O2/c1-5-8-9(16-12(18)19-13(2,3)4)6-14-10-7-15-17-11(8)10/h6-7H,5H2,1-4H3,(H,15,17)(H,16,18). The minimum Gasteiger partial charge on any atom is -0.444 e. The number of aromatic amines is 1. The zero-order chi connectivity index (χ0) is 14.0. The van der Waals surface area contributed by atoms with Crippen LogP contribution in [-0.4, -0.2) is 26.9 Å². The molecule has 2 rings (SSSR count). The summed E-state index contributed by atoms with van der Waals surface area (Å²) in [6.07, 6.45) is 3.56. The molecule has 0 aromatic carbocycles. The number of anilines is 1. The summed E-state index contributed by atoms with van der Waals surface area (Å²) in [5, 5.41) is 9.58. The third-order valence-corrected chi connectivity index (χ3v) is 2.57. The first-order valence-electron chi connectivity index (χ1n) is 6.21. The molecule has 0 aliphatic heterocycles. The lowest BCUT2D eigenvalue weighted by Crippen LogP contribution is -2.27. The van der Waals surface area contributed by atoms with Gasteiger partial charge in [-0.05, 0) is 27.2 Å². The van der Waals surface area contributed by atoms with E-state index < -0.39 is 11.7 Å². The number of ether oxygens (including phenoxy) is 1. The Bertz CT molecular complexity index is 598. The summed E-state index contributed by atoms with van der Waals surface area (Å²) < 4.78 is 5.23. The molecule has 2 N–H and O–H groups in total. The lowest BCUT2D eigenvalue weighted by molar-refractivity contribution is 0.0636. The van der Waals surface area contributed by atoms with Gasteiger partial charge in [-0.2, -0.15) is 5.10 Å². The van der Waals surface area contributed by atoms with Crippen LogP contribution >= 0.6 is 0 Å². The molecular weight excluding hydrogens is 244 g/mol. The maximum absolute atomic E-state index is 11.8. The maximum atomic E-state index is 11.8. The highest BCUT2D eigenvalue weighted by atomic mass is 16.6. The summed E-state index contributed by atoms with van der Waals surface area (Å²) in [5.74, 6) is 0. The second-order valence-corrected chi connectivity index (χ2v) is 5.26. The summed E-state index contributed by atoms with van der Waals surface area (Å²) in [7, 11) is 0. The molecule has 0 saturated heterocycles. The Morgan fingerprint density at radius 3 is 2.79 bits per heavy atom. The minimum absolute atomic E-state index is 0.483. The van der Waals surface area contributed by atoms with Gasteiger partial charge < -0.3 is 4.74 Å². The average Bonchev–Trinajstić information content (AvgIpc) is 2.74. The number of amides is 1. The fourth-order valence-electron chi connectivity index (χ4n) is 1.83. The Balaban J connectivity index is 2.27. The summed E-state index contributed by atoms with van der Waals surface area (Å²) >= 11 is 0. The van der Waals surface area contributed by atoms with Crippen molar-refractivity contribution in [1.29, 1.82) is 0 Å². The number of hydrogen-bond donors (Lipinski definition) is 2. The number of fused-ring (bicyclic) bond motifs is 1. The van der Waals surface area contributed by atoms with Gasteiger partial charge in [0.1, 0.15) is 11.1 Å². The van der Waals surface area contributed by atoms with E-state index in [9.17, 15) is 4.79 Å². The molecule has 2 aromatic heterocycles. The topological polar surface area (TPSA) is 79.9 Å². The molecule has 0 bridgehead atoms. The smallest absolute Gasteiger partial charge is 0.412 e. The molecule has 0 aliphatic rings. The Morgan fingerprint density at radius 1 is 1.42 bits per heavy atom. The predicted molar refractivity (Wildman–Crippen MR) is 73.1 cm³/mol. The number of pyridine rings is 1. The van der Waals surface area contributed by atoms with Crippen LogP contribution < -0.4 is 5.32 Å². The molecule has 6 nitrogen and oxygen atoms in total. The fourth-order valence-corrected chi connectivity index (χ4v) is 1.83. The van der Waals surface area contributed by atoms with Crippen LogP contribution in [0.15, 0.2) is 12.4 Å². The van der Waals surface area contributed by atoms with E-state index in [4.69, 9.17) is 4.74 Å². The highest BCUT2D eigenvalue weighted by molar-refractivity contribution is 5.90. The van der Waals surface area contributed by atoms with Crippen LogP contribution in [0.2, 0.25) is 0 Å². The van der Waals surface area contributed by atoms with E-state index in [0.29, 0.717) is 5.69 Å². The summed E-state index contributed by atoms with van der Waals surface area (Å²) in [5.41, 5.74) is 2.71. The number of aromatic nitrogens is 3. The van der Waals surface area contributed by atoms with E-state index in [2.05, 4.69) is 20.5 Å². The van der Waals surface area contributed by atoms with E-state index >= 15 is 0 Å². The summed E-state index contributed by atoms with van der Waals surface area (Å²) in [4.78, 5) is 16.0. The lowest BCUT2D eigenvalue weighted by Gasteiger charge is -2.20. The molecular formula is C13H18N4O2. The molecule has 2 heterocycles. The molecule has 19 heavy (non-hydrogen) atoms. The lowest BCUT2D eigenvalue weighted by atomic mass is 10.1. The molecule has 0 fully saturated rings. The Kier molecular flexibility index (Phi) is 3.42. The van der Waals surface area contributed by atoms with Crippen molar-refractivity contribution in [2.75, 3.05) is 5.32 Å². The van der Waals surface area contributed by atoms with E-state index in [1.165, 1.54) is 0 Å². The normalized spacial score (nSPS) is 11.6. The third-order valence-electron chi connectivity index (χ3n) is 2.57. The molecule has 0 atom stereocenters. The summed E-state index contributed by atoms with van der Waals surface area (Å²) in [6.45, 7) is 7.48. The molecule has 0 aliphatic carbocycles. The van der Waals surface area contributed by atoms with Gasteiger partial charge in [-0.15, -0.1) is 0 Å². The van der Waals surface area contributed by atoms with E-state index in [0.717, 1.165) is 23.0 Å². The largest absolute Gasteiger partial charge is 0.444 e. The van der Waals surface area contributed by atoms with Gasteiger partial charge in [0, 0.05) is 5.56 Å². The van der Waals surface area contributed by atoms with Gasteiger partial charge in [0.15, 0.2) is 0 Å². The molecule has 6 heteroatoms. The SMILES string of the molecule is CCc1c(NC(=O)OC(C)(C)C)cnc2cn[nH]c12. The first kappa shape index (κ1) is 13.3. The highest BCUT2D eigenvalue weighted by Crippen LogP contribution is 2.23. The molecule has 102 valence electrons. The van der Waals surface area contributed by atoms with Crippen LogP contribution in [0.1, 0.15) is 33.3 Å². The first-order chi connectivity index (χ1) is 8.90. The highest BCUT2D eigenvalue weighted by Gasteiger charge is 2.18. The van der Waals surface area contributed by atoms with Crippen LogP contribution in [0, 0.1) is 0 Å². The van der Waals surface area contributed by atoms with Crippen LogP contribution in [0.25, 0.3) is 11.0 Å². The van der Waals surface area contributed by atoms with Gasteiger partial charge in [0.05, 0.1) is 23.6 Å². The first-order valence-corrected chi connectivity index (χ1v) is 6.21. The molecule has 0 radical (unpaired) electrons. The second-order valence-electron chi connectivity index (χ2n) is 5.26. The van der Waals surface area contributed by atoms with Gasteiger partial charge in [0.25, 0.3) is 0 Å². The van der Waals surface area contributed by atoms with Gasteiger partial charge in [-0.25, -0.2) is 4.79 Å². The van der Waals surface area contributed by atoms with Crippen LogP contribution in [0.4, 0.5) is 10.5 Å². The molecule has 1 amide bonds. The van der Waals surface area contributed by atoms with E-state index in [-0.39, 0.29) is 0 Å². The zero-order valence-electron chi connectivity index (χ0n) is 11.6. The van der Waals surface area contributed by atoms with E-state index in [1.54, 1.807) is 12.4 Å². The molecule has 2 aromatic rings. The van der Waals surface area contributed by atoms with Crippen LogP contribution in [0.5, 0.6) is 0 Å². The van der Waals surface area contributed by atoms with Crippen molar-refractivity contribution in [2.45, 2.75) is 39.7 Å². The van der Waals surface area contributed by atoms with Crippen molar-refractivity contribution in [3.63, 3.8) is 0 Å². The van der Waals surface area contributed by atoms with Crippen molar-refractivity contribution in [2.24, 2.45) is 0 Å². The number of H-pyrrole nitrogens is 1. The molecule has 0 saturated carbocycles. The van der Waals surface area contributed by atoms with Crippen LogP contribution in [-0.2, 0) is 11.2 Å². The number of carbonyl (C=O) groups is 1. The minimum atomic E-state index is -0.526. The van der Waals surface area contributed by atoms with Gasteiger partial charge in [-0.3, -0.25) is 15.4 Å². The Morgan fingerprint density at radius 2 is 2.16 bits per heavy atom. The zero-order valence-corrected chi connectivity index (χ0v) is 11.6. The Hall–Kier alpha value is -2.11. The van der Waals surface area contributed by atoms with Gasteiger partial charge >= 0.3 is 6.09 Å². The van der Waals surface area contributed by atoms with Crippen molar-refractivity contribution in [1.82, 2.24) is 15.2 Å².